The summed E-state index contributed by atoms with van der Waals surface area (Å²) in [4.78, 5) is 139. The number of aryl methyl sites for hydroxylation is 3. The van der Waals surface area contributed by atoms with Gasteiger partial charge in [-0.1, -0.05) is 0 Å². The summed E-state index contributed by atoms with van der Waals surface area (Å²) in [6.07, 6.45) is -17.4. The van der Waals surface area contributed by atoms with E-state index in [0.717, 1.165) is 12.7 Å². The van der Waals surface area contributed by atoms with E-state index in [-0.39, 0.29) is 116 Å². The summed E-state index contributed by atoms with van der Waals surface area (Å²) in [5, 5.41) is 30.9. The lowest BCUT2D eigenvalue weighted by atomic mass is 9.97. The number of hydrogen-bond acceptors (Lipinski definition) is 48. The number of fused-ring (bicyclic) bond motifs is 15. The van der Waals surface area contributed by atoms with Crippen LogP contribution in [0.25, 0.3) is 67.0 Å². The van der Waals surface area contributed by atoms with Crippen LogP contribution in [-0.4, -0.2) is 315 Å². The summed E-state index contributed by atoms with van der Waals surface area (Å²) in [5.74, 6) is -3.89. The number of aliphatic hydroxyl groups is 3. The molecule has 9 fully saturated rings. The third-order valence-corrected chi connectivity index (χ3v) is 31.3. The molecule has 59 nitrogen and oxygen atoms in total. The molecule has 15 N–H and O–H groups in total. The summed E-state index contributed by atoms with van der Waals surface area (Å²) in [7, 11) is -23.2. The highest BCUT2D eigenvalue weighted by Gasteiger charge is 2.58. The molecule has 21 heterocycles. The molecule has 0 spiro atoms. The smallest absolute Gasteiger partial charge is 0.396 e. The number of nitrogens with one attached hydrogen (secondary N) is 3. The molecule has 6 bridgehead atoms. The Morgan fingerprint density at radius 2 is 0.715 bits per heavy atom. The predicted molar refractivity (Wildman–Crippen MR) is 456 cm³/mol. The van der Waals surface area contributed by atoms with Crippen molar-refractivity contribution in [2.75, 3.05) is 74.1 Å². The molecule has 26 atom stereocenters. The Labute approximate surface area is 770 Å². The van der Waals surface area contributed by atoms with Crippen molar-refractivity contribution in [1.82, 2.24) is 117 Å². The molecule has 26 unspecified atom stereocenters. The number of aromatic nitrogens is 24. The second kappa shape index (κ2) is 36.9. The minimum Gasteiger partial charge on any atom is -0.396 e. The van der Waals surface area contributed by atoms with Gasteiger partial charge >= 0.3 is 22.4 Å². The second-order valence-electron chi connectivity index (χ2n) is 32.7. The monoisotopic (exact) mass is 2060 g/mol. The van der Waals surface area contributed by atoms with Crippen molar-refractivity contribution in [3.8, 4) is 0 Å². The first kappa shape index (κ1) is 96.0. The first-order valence-electron chi connectivity index (χ1n) is 41.5. The molecule has 137 heavy (non-hydrogen) atoms. The lowest BCUT2D eigenvalue weighted by Gasteiger charge is -2.28. The molecule has 0 amide bonds. The molecule has 68 heteroatoms. The zero-order chi connectivity index (χ0) is 96.8. The van der Waals surface area contributed by atoms with Gasteiger partial charge in [0.05, 0.1) is 113 Å². The standard InChI is InChI=1S/C23H27FN9O11PS.C23H27FN9O10PS2.C23H28N9O11PS/c1-9-30-20-15(21(35)31-9)29-8-33(20)23-16-10(4-34)11(41-23)2-3-46(38,39)44-17-12(5-40-45(36,37)43-16)42-22(13(17)24)32-7-28-14-18(25)26-6-27-19(14)32;1-9-30-20-15(21(35)31-9)29-8-33(20)23-16-10(4-34)11(40-23)2-3-46(37,38)43-17-12(5-39-44(36,45)42-16)41-22(13(17)24)32-7-28-14-18(25)26-6-27-19(14)32;1-10-29-21-17(22(34)30-10)28-9-32(21)23-18-11(5-33)12(41-23)2-3-45(37,38)43-13-4-15(40-14(13)6-39-44(35,36)42-18)31-8-27-16-19(24)25-7-26-20(16)31/h6-8,10-13,16-17,22-23,34H,2-5H2,1H3,(H,36,37)(H2,25,26,27)(H,30,31,35);6-8,10-13,16-17,22-23,34H,2-5H2,1H3,(H,36,45)(H2,25,26,27)(H,30,31,35);7-9,11-15,18,23,33H,2-6H2,1H3,(H,35,36)(H2,24,25,26)(H,29,30,34). The van der Waals surface area contributed by atoms with Crippen LogP contribution in [0.2, 0.25) is 0 Å². The van der Waals surface area contributed by atoms with Gasteiger partial charge in [0.15, 0.2) is 111 Å². The first-order chi connectivity index (χ1) is 65.1. The number of halogens is 2. The van der Waals surface area contributed by atoms with Gasteiger partial charge in [-0.15, -0.1) is 0 Å². The molecule has 0 aliphatic carbocycles. The van der Waals surface area contributed by atoms with E-state index in [0.29, 0.717) is 11.2 Å². The minimum absolute atomic E-state index is 0.0116. The molecular weight excluding hydrogens is 1980 g/mol. The number of anilines is 3. The molecule has 0 saturated carbocycles. The quantitative estimate of drug-likeness (QED) is 0.0539. The fraction of sp³-hybridized carbons (Fsp3) is 0.565. The topological polar surface area (TPSA) is 796 Å². The summed E-state index contributed by atoms with van der Waals surface area (Å²) in [5.41, 5.74) is 17.3. The molecule has 12 aromatic rings. The average Bonchev–Trinajstić information content (AvgIpc) is 1.60. The third kappa shape index (κ3) is 18.7. The zero-order valence-electron chi connectivity index (χ0n) is 70.8. The van der Waals surface area contributed by atoms with E-state index in [1.54, 1.807) is 13.8 Å². The molecule has 9 saturated heterocycles. The van der Waals surface area contributed by atoms with Gasteiger partial charge in [0, 0.05) is 24.2 Å². The van der Waals surface area contributed by atoms with Gasteiger partial charge in [0.1, 0.15) is 114 Å². The number of aliphatic hydroxyl groups excluding tert-OH is 3. The van der Waals surface area contributed by atoms with Gasteiger partial charge < -0.3 is 99.6 Å². The van der Waals surface area contributed by atoms with Gasteiger partial charge in [0.25, 0.3) is 47.0 Å². The number of phosphoric ester groups is 2. The number of alkyl halides is 2. The summed E-state index contributed by atoms with van der Waals surface area (Å²) in [6.45, 7) is -3.54. The Morgan fingerprint density at radius 1 is 0.401 bits per heavy atom. The van der Waals surface area contributed by atoms with E-state index in [4.69, 9.17) is 97.1 Å². The maximum atomic E-state index is 16.0. The highest BCUT2D eigenvalue weighted by atomic mass is 32.5. The Bertz CT molecular complexity index is 7110. The lowest BCUT2D eigenvalue weighted by Crippen LogP contribution is -2.37. The van der Waals surface area contributed by atoms with E-state index in [9.17, 15) is 78.8 Å². The number of aromatic amines is 3. The summed E-state index contributed by atoms with van der Waals surface area (Å²) < 4.78 is 231. The van der Waals surface area contributed by atoms with Crippen LogP contribution in [0.15, 0.2) is 71.3 Å². The fourth-order valence-electron chi connectivity index (χ4n) is 17.7. The van der Waals surface area contributed by atoms with Crippen LogP contribution >= 0.6 is 22.4 Å². The largest absolute Gasteiger partial charge is 0.472 e. The van der Waals surface area contributed by atoms with Gasteiger partial charge in [-0.05, 0) is 51.8 Å². The Kier molecular flexibility index (Phi) is 25.9. The van der Waals surface area contributed by atoms with E-state index in [1.165, 1.54) is 78.6 Å². The Balaban J connectivity index is 0.000000132. The highest BCUT2D eigenvalue weighted by Crippen LogP contribution is 2.57. The summed E-state index contributed by atoms with van der Waals surface area (Å²) in [6, 6.07) is 0. The second-order valence-corrected chi connectivity index (χ2v) is 43.5. The molecule has 12 aromatic heterocycles. The van der Waals surface area contributed by atoms with Crippen molar-refractivity contribution in [2.24, 2.45) is 17.8 Å². The Morgan fingerprint density at radius 3 is 1.09 bits per heavy atom. The van der Waals surface area contributed by atoms with Gasteiger partial charge in [-0.2, -0.15) is 25.3 Å². The van der Waals surface area contributed by atoms with E-state index < -0.39 is 267 Å². The number of nitrogen functional groups attached to an aromatic ring is 3. The van der Waals surface area contributed by atoms with Crippen LogP contribution in [-0.2, 0) is 119 Å². The first-order valence-corrected chi connectivity index (χ1v) is 51.8. The SMILES string of the molecule is Cc1nc2c(ncn2C2OC3CCS(=O)(=O)OC4C(COP(=O)(O)OC2C3CO)OC(n2cnc3c(N)ncnc32)C4F)c(=O)[nH]1.Cc1nc2c(ncn2C2OC3CCS(=O)(=O)OC4C(COP(O)(=S)OC2C3CO)OC(n2cnc3c(N)ncnc32)C4F)c(=O)[nH]1.Cc1nc2c(ncn2C2OC3CCS(=O)(=O)OC4CC(n5cnc6c(N)ncnc65)OC4COP(=O)(O)OC2C3CO)c(=O)[nH]1. The summed E-state index contributed by atoms with van der Waals surface area (Å²) >= 11 is 5.30. The molecule has 21 rings (SSSR count). The lowest BCUT2D eigenvalue weighted by molar-refractivity contribution is -0.0556. The van der Waals surface area contributed by atoms with Crippen LogP contribution < -0.4 is 33.9 Å². The number of imidazole rings is 6. The van der Waals surface area contributed by atoms with E-state index in [2.05, 4.69) is 89.7 Å². The number of hydrogen-bond donors (Lipinski definition) is 12. The molecule has 9 aliphatic rings. The van der Waals surface area contributed by atoms with Crippen molar-refractivity contribution in [1.29, 1.82) is 0 Å². The molecular formula is C69H82F2N27O32P3S4. The number of nitrogens with zero attached hydrogens (tertiary/aromatic N) is 21. The zero-order valence-corrected chi connectivity index (χ0v) is 76.8. The molecule has 9 aliphatic heterocycles. The fourth-order valence-corrected chi connectivity index (χ4v) is 24.7. The van der Waals surface area contributed by atoms with Gasteiger partial charge in [-0.3, -0.25) is 72.4 Å². The molecule has 0 aromatic carbocycles. The number of ether oxygens (including phenoxy) is 6. The van der Waals surface area contributed by atoms with Gasteiger partial charge in [0.2, 0.25) is 0 Å². The normalized spacial score (nSPS) is 34.7. The van der Waals surface area contributed by atoms with Crippen LogP contribution in [0.1, 0.15) is 80.5 Å². The Hall–Kier alpha value is -9.92. The average molecular weight is 2060 g/mol. The van der Waals surface area contributed by atoms with Gasteiger partial charge in [-0.25, -0.2) is 92.7 Å². The van der Waals surface area contributed by atoms with Crippen LogP contribution in [0.3, 0.4) is 0 Å². The van der Waals surface area contributed by atoms with Crippen molar-refractivity contribution >= 4 is 149 Å². The van der Waals surface area contributed by atoms with Crippen molar-refractivity contribution in [3.05, 3.63) is 105 Å². The number of rotatable bonds is 9. The third-order valence-electron chi connectivity index (χ3n) is 24.0. The van der Waals surface area contributed by atoms with Crippen molar-refractivity contribution in [2.45, 2.75) is 169 Å². The van der Waals surface area contributed by atoms with Crippen LogP contribution in [0.5, 0.6) is 0 Å². The molecule has 0 radical (unpaired) electrons. The van der Waals surface area contributed by atoms with E-state index >= 15 is 8.78 Å². The van der Waals surface area contributed by atoms with Crippen LogP contribution in [0, 0.1) is 38.5 Å². The number of nitrogens with two attached hydrogens (primary N) is 3. The van der Waals surface area contributed by atoms with Crippen molar-refractivity contribution < 1.29 is 141 Å². The number of phosphoric acid groups is 2. The molecule has 738 valence electrons. The maximum Gasteiger partial charge on any atom is 0.472 e. The minimum atomic E-state index is -5.07. The van der Waals surface area contributed by atoms with Crippen molar-refractivity contribution in [3.63, 3.8) is 0 Å². The predicted octanol–water partition coefficient (Wildman–Crippen LogP) is -2.19. The number of H-pyrrole nitrogens is 3. The van der Waals surface area contributed by atoms with E-state index in [1.807, 2.05) is 0 Å². The highest BCUT2D eigenvalue weighted by molar-refractivity contribution is 8.07. The maximum absolute atomic E-state index is 16.0. The van der Waals surface area contributed by atoms with Crippen LogP contribution in [0.4, 0.5) is 26.2 Å².